The Balaban J connectivity index is 1.62. The van der Waals surface area contributed by atoms with Crippen molar-refractivity contribution < 1.29 is 18.7 Å². The Hall–Kier alpha value is -3.43. The molecule has 0 saturated carbocycles. The number of fused-ring (bicyclic) bond motifs is 1. The zero-order chi connectivity index (χ0) is 26.4. The topological polar surface area (TPSA) is 80.3 Å². The van der Waals surface area contributed by atoms with Crippen LogP contribution in [0.15, 0.2) is 60.7 Å². The summed E-state index contributed by atoms with van der Waals surface area (Å²) < 4.78 is 19.2. The van der Waals surface area contributed by atoms with Crippen LogP contribution < -0.4 is 10.6 Å². The number of hydrogen-bond acceptors (Lipinski definition) is 7. The van der Waals surface area contributed by atoms with Gasteiger partial charge in [-0.25, -0.2) is 14.2 Å². The average Bonchev–Trinajstić information content (AvgIpc) is 3.31. The molecule has 4 aromatic rings. The normalized spacial score (nSPS) is 11.8. The van der Waals surface area contributed by atoms with Crippen LogP contribution in [0, 0.1) is 12.7 Å². The van der Waals surface area contributed by atoms with Gasteiger partial charge < -0.3 is 15.4 Å². The van der Waals surface area contributed by atoms with Gasteiger partial charge in [0.15, 0.2) is 5.13 Å². The number of methoxy groups -OCH3 is 1. The number of nitrogens with one attached hydrogen (secondary N) is 2. The number of thioether (sulfide) groups is 1. The van der Waals surface area contributed by atoms with Gasteiger partial charge >= 0.3 is 5.97 Å². The number of esters is 1. The van der Waals surface area contributed by atoms with Gasteiger partial charge in [-0.15, -0.1) is 0 Å². The molecule has 1 atom stereocenters. The molecular weight excluding hydrogens is 509 g/mol. The van der Waals surface area contributed by atoms with Gasteiger partial charge in [0.1, 0.15) is 11.9 Å². The quantitative estimate of drug-likeness (QED) is 0.240. The molecule has 0 aliphatic heterocycles. The number of nitrogens with zero attached hydrogens (tertiary/aromatic N) is 1. The highest BCUT2D eigenvalue weighted by atomic mass is 32.2. The molecule has 192 valence electrons. The molecule has 1 unspecified atom stereocenters. The molecule has 1 heterocycles. The van der Waals surface area contributed by atoms with Gasteiger partial charge in [-0.3, -0.25) is 4.79 Å². The molecular formula is C28H28FN3O3S2. The van der Waals surface area contributed by atoms with Crippen LogP contribution in [0.4, 0.5) is 9.52 Å². The van der Waals surface area contributed by atoms with Crippen molar-refractivity contribution in [3.63, 3.8) is 0 Å². The molecule has 0 aliphatic rings. The zero-order valence-electron chi connectivity index (χ0n) is 20.8. The van der Waals surface area contributed by atoms with E-state index in [9.17, 15) is 14.0 Å². The molecule has 0 bridgehead atoms. The summed E-state index contributed by atoms with van der Waals surface area (Å²) >= 11 is 2.99. The maximum absolute atomic E-state index is 13.5. The first-order chi connectivity index (χ1) is 17.9. The third kappa shape index (κ3) is 6.47. The van der Waals surface area contributed by atoms with Gasteiger partial charge in [0.05, 0.1) is 17.3 Å². The fourth-order valence-corrected chi connectivity index (χ4v) is 5.37. The van der Waals surface area contributed by atoms with Crippen LogP contribution in [0.5, 0.6) is 0 Å². The minimum Gasteiger partial charge on any atom is -0.467 e. The lowest BCUT2D eigenvalue weighted by Crippen LogP contribution is -2.42. The molecule has 2 N–H and O–H groups in total. The zero-order valence-corrected chi connectivity index (χ0v) is 22.5. The van der Waals surface area contributed by atoms with Crippen molar-refractivity contribution in [3.05, 3.63) is 83.2 Å². The molecule has 4 rings (SSSR count). The third-order valence-electron chi connectivity index (χ3n) is 5.96. The summed E-state index contributed by atoms with van der Waals surface area (Å²) in [7, 11) is 1.32. The monoisotopic (exact) mass is 537 g/mol. The van der Waals surface area contributed by atoms with Crippen LogP contribution in [-0.2, 0) is 16.1 Å². The standard InChI is InChI=1S/C28H28FN3O3S2/c1-17-6-4-5-7-20(17)22-14-18(16-30-28-32-23-11-9-19(29)15-25(23)37-28)8-10-21(22)26(33)31-24(12-13-36-3)27(34)35-2/h4-11,14-15,24H,12-13,16H2,1-3H3,(H,30,32)(H,31,33). The van der Waals surface area contributed by atoms with Crippen molar-refractivity contribution in [3.8, 4) is 11.1 Å². The van der Waals surface area contributed by atoms with Gasteiger partial charge in [0, 0.05) is 12.1 Å². The van der Waals surface area contributed by atoms with E-state index >= 15 is 0 Å². The van der Waals surface area contributed by atoms with E-state index in [4.69, 9.17) is 4.74 Å². The second-order valence-electron chi connectivity index (χ2n) is 8.51. The predicted octanol–water partition coefficient (Wildman–Crippen LogP) is 6.05. The Morgan fingerprint density at radius 2 is 1.92 bits per heavy atom. The Bertz CT molecular complexity index is 1420. The fraction of sp³-hybridized carbons (Fsp3) is 0.250. The van der Waals surface area contributed by atoms with E-state index in [-0.39, 0.29) is 11.7 Å². The minimum absolute atomic E-state index is 0.290. The maximum Gasteiger partial charge on any atom is 0.328 e. The summed E-state index contributed by atoms with van der Waals surface area (Å²) in [5.74, 6) is -0.366. The number of anilines is 1. The van der Waals surface area contributed by atoms with Crippen LogP contribution in [-0.4, -0.2) is 42.0 Å². The molecule has 1 aromatic heterocycles. The highest BCUT2D eigenvalue weighted by Gasteiger charge is 2.24. The minimum atomic E-state index is -0.722. The number of benzene rings is 3. The number of rotatable bonds is 10. The van der Waals surface area contributed by atoms with Gasteiger partial charge in [0.25, 0.3) is 5.91 Å². The van der Waals surface area contributed by atoms with Gasteiger partial charge in [0.2, 0.25) is 0 Å². The maximum atomic E-state index is 13.5. The average molecular weight is 538 g/mol. The van der Waals surface area contributed by atoms with E-state index in [0.717, 1.165) is 32.5 Å². The second kappa shape index (κ2) is 12.2. The Morgan fingerprint density at radius 3 is 2.68 bits per heavy atom. The van der Waals surface area contributed by atoms with Crippen molar-refractivity contribution in [1.29, 1.82) is 0 Å². The lowest BCUT2D eigenvalue weighted by atomic mass is 9.93. The molecule has 0 saturated heterocycles. The molecule has 0 radical (unpaired) electrons. The van der Waals surface area contributed by atoms with Crippen molar-refractivity contribution in [2.24, 2.45) is 0 Å². The molecule has 0 fully saturated rings. The first-order valence-electron chi connectivity index (χ1n) is 11.8. The second-order valence-corrected chi connectivity index (χ2v) is 10.5. The fourth-order valence-electron chi connectivity index (χ4n) is 4.01. The Labute approximate surface area is 223 Å². The molecule has 0 aliphatic carbocycles. The van der Waals surface area contributed by atoms with E-state index in [2.05, 4.69) is 15.6 Å². The number of thiazole rings is 1. The summed E-state index contributed by atoms with van der Waals surface area (Å²) in [6.07, 6.45) is 2.43. The SMILES string of the molecule is COC(=O)C(CCSC)NC(=O)c1ccc(CNc2nc3ccc(F)cc3s2)cc1-c1ccccc1C. The van der Waals surface area contributed by atoms with Crippen LogP contribution in [0.3, 0.4) is 0 Å². The van der Waals surface area contributed by atoms with Gasteiger partial charge in [-0.1, -0.05) is 41.7 Å². The van der Waals surface area contributed by atoms with Crippen LogP contribution in [0.2, 0.25) is 0 Å². The van der Waals surface area contributed by atoms with Gasteiger partial charge in [-0.2, -0.15) is 11.8 Å². The molecule has 0 spiro atoms. The number of carbonyl (C=O) groups is 2. The molecule has 9 heteroatoms. The van der Waals surface area contributed by atoms with Crippen LogP contribution in [0.1, 0.15) is 27.9 Å². The number of hydrogen-bond donors (Lipinski definition) is 2. The van der Waals surface area contributed by atoms with E-state index in [1.807, 2.05) is 49.6 Å². The Morgan fingerprint density at radius 1 is 1.11 bits per heavy atom. The van der Waals surface area contributed by atoms with E-state index in [1.54, 1.807) is 23.9 Å². The van der Waals surface area contributed by atoms with Crippen LogP contribution >= 0.6 is 23.1 Å². The van der Waals surface area contributed by atoms with E-state index in [1.165, 1.54) is 30.6 Å². The lowest BCUT2D eigenvalue weighted by molar-refractivity contribution is -0.142. The summed E-state index contributed by atoms with van der Waals surface area (Å²) in [4.78, 5) is 30.2. The number of aryl methyl sites for hydroxylation is 1. The van der Waals surface area contributed by atoms with Crippen LogP contribution in [0.25, 0.3) is 21.3 Å². The summed E-state index contributed by atoms with van der Waals surface area (Å²) in [5, 5.41) is 6.86. The summed E-state index contributed by atoms with van der Waals surface area (Å²) in [5.41, 5.74) is 4.90. The van der Waals surface area contributed by atoms with Crippen molar-refractivity contribution >= 4 is 50.3 Å². The summed E-state index contributed by atoms with van der Waals surface area (Å²) in [6, 6.07) is 17.3. The predicted molar refractivity (Wildman–Crippen MR) is 150 cm³/mol. The highest BCUT2D eigenvalue weighted by molar-refractivity contribution is 7.98. The van der Waals surface area contributed by atoms with Crippen molar-refractivity contribution in [2.75, 3.05) is 24.4 Å². The molecule has 6 nitrogen and oxygen atoms in total. The largest absolute Gasteiger partial charge is 0.467 e. The highest BCUT2D eigenvalue weighted by Crippen LogP contribution is 2.30. The number of amides is 1. The number of aromatic nitrogens is 1. The molecule has 37 heavy (non-hydrogen) atoms. The molecule has 1 amide bonds. The van der Waals surface area contributed by atoms with Crippen molar-refractivity contribution in [1.82, 2.24) is 10.3 Å². The first-order valence-corrected chi connectivity index (χ1v) is 14.0. The molecule has 3 aromatic carbocycles. The number of halogens is 1. The van der Waals surface area contributed by atoms with Gasteiger partial charge in [-0.05, 0) is 77.9 Å². The summed E-state index contributed by atoms with van der Waals surface area (Å²) in [6.45, 7) is 2.47. The van der Waals surface area contributed by atoms with Crippen molar-refractivity contribution in [2.45, 2.75) is 25.9 Å². The lowest BCUT2D eigenvalue weighted by Gasteiger charge is -2.19. The smallest absolute Gasteiger partial charge is 0.328 e. The Kier molecular flexibility index (Phi) is 8.78. The van der Waals surface area contributed by atoms with E-state index < -0.39 is 12.0 Å². The number of ether oxygens (including phenoxy) is 1. The number of carbonyl (C=O) groups excluding carboxylic acids is 2. The third-order valence-corrected chi connectivity index (χ3v) is 7.58. The van der Waals surface area contributed by atoms with E-state index in [0.29, 0.717) is 29.4 Å². The first kappa shape index (κ1) is 26.6.